The van der Waals surface area contributed by atoms with Crippen molar-refractivity contribution in [1.82, 2.24) is 10.1 Å². The Bertz CT molecular complexity index is 730. The number of carbonyl (C=O) groups is 2. The van der Waals surface area contributed by atoms with E-state index in [1.165, 1.54) is 4.90 Å². The smallest absolute Gasteiger partial charge is 0.259 e. The summed E-state index contributed by atoms with van der Waals surface area (Å²) in [5.74, 6) is -0.0760. The molecular weight excluding hydrogens is 294 g/mol. The first-order valence-electron chi connectivity index (χ1n) is 7.35. The fraction of sp³-hybridized carbons (Fsp3) is 0.353. The second-order valence-electron chi connectivity index (χ2n) is 5.66. The van der Waals surface area contributed by atoms with Crippen LogP contribution in [0.5, 0.6) is 0 Å². The number of rotatable bonds is 4. The lowest BCUT2D eigenvalue weighted by Crippen LogP contribution is -2.35. The lowest BCUT2D eigenvalue weighted by Gasteiger charge is -2.17. The predicted octanol–water partition coefficient (Wildman–Crippen LogP) is 2.62. The lowest BCUT2D eigenvalue weighted by atomic mass is 10.1. The van der Waals surface area contributed by atoms with Crippen molar-refractivity contribution in [1.29, 1.82) is 0 Å². The molecule has 0 saturated carbocycles. The molecule has 1 heterocycles. The standard InChI is InChI=1S/C17H21N3O3/c1-10-7-6-8-14(11(10)2)18-15(21)9-20(5)17(22)16-12(3)19-23-13(16)4/h6-8H,9H2,1-5H3,(H,18,21). The molecule has 2 rings (SSSR count). The van der Waals surface area contributed by atoms with E-state index in [1.807, 2.05) is 32.0 Å². The number of anilines is 1. The van der Waals surface area contributed by atoms with E-state index in [1.54, 1.807) is 20.9 Å². The quantitative estimate of drug-likeness (QED) is 0.941. The van der Waals surface area contributed by atoms with Crippen LogP contribution in [0.15, 0.2) is 22.7 Å². The highest BCUT2D eigenvalue weighted by atomic mass is 16.5. The molecule has 0 saturated heterocycles. The van der Waals surface area contributed by atoms with E-state index < -0.39 is 0 Å². The van der Waals surface area contributed by atoms with Crippen LogP contribution in [-0.2, 0) is 4.79 Å². The minimum Gasteiger partial charge on any atom is -0.361 e. The highest BCUT2D eigenvalue weighted by molar-refractivity contribution is 6.00. The number of nitrogens with zero attached hydrogens (tertiary/aromatic N) is 2. The Hall–Kier alpha value is -2.63. The van der Waals surface area contributed by atoms with Gasteiger partial charge in [0.2, 0.25) is 5.91 Å². The summed E-state index contributed by atoms with van der Waals surface area (Å²) in [4.78, 5) is 25.9. The molecule has 6 heteroatoms. The number of carbonyl (C=O) groups excluding carboxylic acids is 2. The van der Waals surface area contributed by atoms with E-state index in [9.17, 15) is 9.59 Å². The van der Waals surface area contributed by atoms with Crippen molar-refractivity contribution >= 4 is 17.5 Å². The third-order valence-electron chi connectivity index (χ3n) is 3.85. The molecule has 0 aliphatic rings. The van der Waals surface area contributed by atoms with Crippen LogP contribution in [0.2, 0.25) is 0 Å². The van der Waals surface area contributed by atoms with Crippen molar-refractivity contribution in [3.63, 3.8) is 0 Å². The van der Waals surface area contributed by atoms with E-state index in [-0.39, 0.29) is 18.4 Å². The topological polar surface area (TPSA) is 75.4 Å². The zero-order chi connectivity index (χ0) is 17.1. The summed E-state index contributed by atoms with van der Waals surface area (Å²) in [5, 5.41) is 6.60. The summed E-state index contributed by atoms with van der Waals surface area (Å²) in [6.45, 7) is 7.27. The van der Waals surface area contributed by atoms with Gasteiger partial charge >= 0.3 is 0 Å². The molecule has 2 amide bonds. The van der Waals surface area contributed by atoms with Gasteiger partial charge in [-0.25, -0.2) is 0 Å². The maximum absolute atomic E-state index is 12.4. The number of amides is 2. The number of likely N-dealkylation sites (N-methyl/N-ethyl adjacent to an activating group) is 1. The first kappa shape index (κ1) is 16.7. The number of hydrogen-bond acceptors (Lipinski definition) is 4. The van der Waals surface area contributed by atoms with Crippen LogP contribution in [0.4, 0.5) is 5.69 Å². The van der Waals surface area contributed by atoms with Crippen molar-refractivity contribution in [2.24, 2.45) is 0 Å². The minimum absolute atomic E-state index is 0.0454. The van der Waals surface area contributed by atoms with Gasteiger partial charge in [0.15, 0.2) is 0 Å². The molecular formula is C17H21N3O3. The van der Waals surface area contributed by atoms with Crippen molar-refractivity contribution < 1.29 is 14.1 Å². The Morgan fingerprint density at radius 3 is 2.52 bits per heavy atom. The normalized spacial score (nSPS) is 10.5. The molecule has 0 aliphatic heterocycles. The second kappa shape index (κ2) is 6.64. The Labute approximate surface area is 135 Å². The molecule has 6 nitrogen and oxygen atoms in total. The fourth-order valence-corrected chi connectivity index (χ4v) is 2.34. The number of hydrogen-bond donors (Lipinski definition) is 1. The van der Waals surface area contributed by atoms with Gasteiger partial charge in [-0.1, -0.05) is 17.3 Å². The van der Waals surface area contributed by atoms with Gasteiger partial charge in [0.25, 0.3) is 5.91 Å². The van der Waals surface area contributed by atoms with Gasteiger partial charge in [-0.3, -0.25) is 9.59 Å². The number of benzene rings is 1. The summed E-state index contributed by atoms with van der Waals surface area (Å²) in [5.41, 5.74) is 3.80. The van der Waals surface area contributed by atoms with Gasteiger partial charge < -0.3 is 14.7 Å². The molecule has 2 aromatic rings. The monoisotopic (exact) mass is 315 g/mol. The summed E-state index contributed by atoms with van der Waals surface area (Å²) >= 11 is 0. The Morgan fingerprint density at radius 1 is 1.22 bits per heavy atom. The van der Waals surface area contributed by atoms with E-state index in [0.29, 0.717) is 17.0 Å². The van der Waals surface area contributed by atoms with Gasteiger partial charge in [-0.15, -0.1) is 0 Å². The van der Waals surface area contributed by atoms with Gasteiger partial charge in [0.05, 0.1) is 12.2 Å². The molecule has 0 fully saturated rings. The number of nitrogens with one attached hydrogen (secondary N) is 1. The average Bonchev–Trinajstić information content (AvgIpc) is 2.82. The lowest BCUT2D eigenvalue weighted by molar-refractivity contribution is -0.116. The van der Waals surface area contributed by atoms with Crippen molar-refractivity contribution in [2.75, 3.05) is 18.9 Å². The molecule has 122 valence electrons. The highest BCUT2D eigenvalue weighted by Gasteiger charge is 2.22. The van der Waals surface area contributed by atoms with Crippen LogP contribution in [-0.4, -0.2) is 35.5 Å². The minimum atomic E-state index is -0.280. The van der Waals surface area contributed by atoms with Crippen molar-refractivity contribution in [2.45, 2.75) is 27.7 Å². The van der Waals surface area contributed by atoms with Gasteiger partial charge in [0, 0.05) is 12.7 Å². The van der Waals surface area contributed by atoms with Gasteiger partial charge in [-0.05, 0) is 44.9 Å². The third-order valence-corrected chi connectivity index (χ3v) is 3.85. The van der Waals surface area contributed by atoms with Crippen molar-refractivity contribution in [3.8, 4) is 0 Å². The molecule has 0 bridgehead atoms. The molecule has 23 heavy (non-hydrogen) atoms. The maximum atomic E-state index is 12.4. The average molecular weight is 315 g/mol. The zero-order valence-electron chi connectivity index (χ0n) is 14.1. The van der Waals surface area contributed by atoms with Gasteiger partial charge in [-0.2, -0.15) is 0 Å². The van der Waals surface area contributed by atoms with E-state index in [0.717, 1.165) is 16.8 Å². The summed E-state index contributed by atoms with van der Waals surface area (Å²) < 4.78 is 5.00. The molecule has 0 spiro atoms. The molecule has 0 atom stereocenters. The van der Waals surface area contributed by atoms with Gasteiger partial charge in [0.1, 0.15) is 11.3 Å². The van der Waals surface area contributed by atoms with Crippen LogP contribution in [0.25, 0.3) is 0 Å². The Morgan fingerprint density at radius 2 is 1.91 bits per heavy atom. The number of aryl methyl sites for hydroxylation is 3. The fourth-order valence-electron chi connectivity index (χ4n) is 2.34. The molecule has 1 aromatic carbocycles. The van der Waals surface area contributed by atoms with E-state index in [2.05, 4.69) is 10.5 Å². The van der Waals surface area contributed by atoms with Crippen LogP contribution < -0.4 is 5.32 Å². The molecule has 1 aromatic heterocycles. The van der Waals surface area contributed by atoms with Crippen LogP contribution in [0.1, 0.15) is 32.9 Å². The summed E-state index contributed by atoms with van der Waals surface area (Å²) in [7, 11) is 1.58. The molecule has 0 radical (unpaired) electrons. The third kappa shape index (κ3) is 3.59. The first-order valence-corrected chi connectivity index (χ1v) is 7.35. The molecule has 0 aliphatic carbocycles. The largest absolute Gasteiger partial charge is 0.361 e. The second-order valence-corrected chi connectivity index (χ2v) is 5.66. The Balaban J connectivity index is 2.05. The maximum Gasteiger partial charge on any atom is 0.259 e. The van der Waals surface area contributed by atoms with Crippen LogP contribution in [0, 0.1) is 27.7 Å². The van der Waals surface area contributed by atoms with E-state index >= 15 is 0 Å². The highest BCUT2D eigenvalue weighted by Crippen LogP contribution is 2.18. The van der Waals surface area contributed by atoms with Crippen LogP contribution in [0.3, 0.4) is 0 Å². The molecule has 0 unspecified atom stereocenters. The first-order chi connectivity index (χ1) is 10.8. The van der Waals surface area contributed by atoms with E-state index in [4.69, 9.17) is 4.52 Å². The predicted molar refractivity (Wildman–Crippen MR) is 87.5 cm³/mol. The summed E-state index contributed by atoms with van der Waals surface area (Å²) in [6.07, 6.45) is 0. The zero-order valence-corrected chi connectivity index (χ0v) is 14.1. The number of aromatic nitrogens is 1. The summed E-state index contributed by atoms with van der Waals surface area (Å²) in [6, 6.07) is 5.71. The SMILES string of the molecule is Cc1cccc(NC(=O)CN(C)C(=O)c2c(C)noc2C)c1C. The van der Waals surface area contributed by atoms with Crippen LogP contribution >= 0.6 is 0 Å². The molecule has 1 N–H and O–H groups in total. The van der Waals surface area contributed by atoms with Crippen molar-refractivity contribution in [3.05, 3.63) is 46.3 Å². The Kier molecular flexibility index (Phi) is 4.83.